The summed E-state index contributed by atoms with van der Waals surface area (Å²) in [6, 6.07) is 0. The standard InChI is InChI=1S/C15H20B7Br/c1-15(2)5-3(7(16)11(20)12(21)9(5)18)4-6(15)10(19)14(23)13(22)8(4)17/h16-22H2,1-2H3. The van der Waals surface area contributed by atoms with E-state index in [1.54, 1.807) is 0 Å². The molecule has 0 atom stereocenters. The highest BCUT2D eigenvalue weighted by Gasteiger charge is 2.40. The summed E-state index contributed by atoms with van der Waals surface area (Å²) < 4.78 is 1.28. The predicted molar refractivity (Wildman–Crippen MR) is 129 cm³/mol. The Kier molecular flexibility index (Phi) is 3.88. The van der Waals surface area contributed by atoms with Gasteiger partial charge in [-0.2, -0.15) is 0 Å². The Morgan fingerprint density at radius 3 is 1.48 bits per heavy atom. The van der Waals surface area contributed by atoms with Gasteiger partial charge >= 0.3 is 0 Å². The molecule has 1 aliphatic carbocycles. The van der Waals surface area contributed by atoms with Gasteiger partial charge in [0.25, 0.3) is 0 Å². The Hall–Kier alpha value is -0.625. The van der Waals surface area contributed by atoms with Crippen molar-refractivity contribution in [3.8, 4) is 11.1 Å². The highest BCUT2D eigenvalue weighted by atomic mass is 79.9. The smallest absolute Gasteiger partial charge is 0.102 e. The molecule has 2 aromatic carbocycles. The van der Waals surface area contributed by atoms with Crippen LogP contribution in [0.2, 0.25) is 0 Å². The zero-order valence-corrected chi connectivity index (χ0v) is 17.5. The van der Waals surface area contributed by atoms with Gasteiger partial charge in [-0.05, 0) is 22.3 Å². The van der Waals surface area contributed by atoms with Crippen LogP contribution in [0.15, 0.2) is 4.47 Å². The van der Waals surface area contributed by atoms with E-state index in [2.05, 4.69) is 84.7 Å². The van der Waals surface area contributed by atoms with Gasteiger partial charge in [-0.1, -0.05) is 57.1 Å². The van der Waals surface area contributed by atoms with Crippen molar-refractivity contribution >= 4 is 109 Å². The molecule has 0 aliphatic heterocycles. The third kappa shape index (κ3) is 2.00. The fourth-order valence-electron chi connectivity index (χ4n) is 4.74. The van der Waals surface area contributed by atoms with Crippen molar-refractivity contribution in [3.05, 3.63) is 15.6 Å². The van der Waals surface area contributed by atoms with E-state index in [0.717, 1.165) is 0 Å². The summed E-state index contributed by atoms with van der Waals surface area (Å²) >= 11 is 3.85. The zero-order chi connectivity index (χ0) is 17.4. The van der Waals surface area contributed by atoms with Gasteiger partial charge in [-0.3, -0.25) is 0 Å². The van der Waals surface area contributed by atoms with E-state index in [1.165, 1.54) is 65.0 Å². The van der Waals surface area contributed by atoms with Crippen LogP contribution in [0.5, 0.6) is 0 Å². The van der Waals surface area contributed by atoms with Crippen molar-refractivity contribution < 1.29 is 0 Å². The van der Waals surface area contributed by atoms with Crippen LogP contribution in [0, 0.1) is 0 Å². The highest BCUT2D eigenvalue weighted by molar-refractivity contribution is 9.10. The van der Waals surface area contributed by atoms with Crippen LogP contribution in [-0.2, 0) is 5.41 Å². The second-order valence-electron chi connectivity index (χ2n) is 7.81. The van der Waals surface area contributed by atoms with Crippen LogP contribution < -0.4 is 38.2 Å². The van der Waals surface area contributed by atoms with Gasteiger partial charge in [0.2, 0.25) is 0 Å². The number of fused-ring (bicyclic) bond motifs is 3. The molecular weight excluding hydrogens is 336 g/mol. The first-order valence-electron chi connectivity index (χ1n) is 8.44. The lowest BCUT2D eigenvalue weighted by atomic mass is 9.61. The molecule has 2 aromatic rings. The molecule has 0 saturated carbocycles. The molecular formula is C15H20B7Br. The molecule has 0 saturated heterocycles. The van der Waals surface area contributed by atoms with Crippen LogP contribution >= 0.6 is 15.9 Å². The van der Waals surface area contributed by atoms with Gasteiger partial charge in [0.1, 0.15) is 54.9 Å². The van der Waals surface area contributed by atoms with Gasteiger partial charge in [0, 0.05) is 9.89 Å². The minimum Gasteiger partial charge on any atom is -0.102 e. The van der Waals surface area contributed by atoms with E-state index < -0.39 is 0 Å². The Morgan fingerprint density at radius 1 is 0.565 bits per heavy atom. The minimum atomic E-state index is 0.0586. The van der Waals surface area contributed by atoms with E-state index in [0.29, 0.717) is 0 Å². The molecule has 0 nitrogen and oxygen atoms in total. The SMILES string of the molecule is Bc1c(B)c(B)c2c(c1B)-c1c(B)c(B)c(Br)c(B)c1C2(C)C. The lowest BCUT2D eigenvalue weighted by Gasteiger charge is -2.28. The van der Waals surface area contributed by atoms with Crippen LogP contribution in [0.3, 0.4) is 0 Å². The van der Waals surface area contributed by atoms with Crippen molar-refractivity contribution in [1.82, 2.24) is 0 Å². The number of rotatable bonds is 0. The quantitative estimate of drug-likeness (QED) is 0.412. The summed E-state index contributed by atoms with van der Waals surface area (Å²) in [7, 11) is 16.0. The molecule has 23 heavy (non-hydrogen) atoms. The summed E-state index contributed by atoms with van der Waals surface area (Å²) in [6.45, 7) is 4.79. The Balaban J connectivity index is 2.63. The molecule has 1 aliphatic rings. The van der Waals surface area contributed by atoms with Gasteiger partial charge in [0.15, 0.2) is 0 Å². The molecule has 8 heteroatoms. The maximum absolute atomic E-state index is 3.85. The molecule has 0 amide bonds. The van der Waals surface area contributed by atoms with Gasteiger partial charge < -0.3 is 0 Å². The van der Waals surface area contributed by atoms with E-state index in [1.807, 2.05) is 0 Å². The third-order valence-corrected chi connectivity index (χ3v) is 7.60. The molecule has 0 unspecified atom stereocenters. The monoisotopic (exact) mass is 356 g/mol. The number of hydrogen-bond donors (Lipinski definition) is 0. The Morgan fingerprint density at radius 2 is 0.957 bits per heavy atom. The van der Waals surface area contributed by atoms with E-state index in [9.17, 15) is 0 Å². The number of benzene rings is 2. The van der Waals surface area contributed by atoms with Crippen LogP contribution in [-0.4, -0.2) is 54.9 Å². The van der Waals surface area contributed by atoms with Crippen molar-refractivity contribution in [2.24, 2.45) is 0 Å². The van der Waals surface area contributed by atoms with Gasteiger partial charge in [-0.25, -0.2) is 0 Å². The Bertz CT molecular complexity index is 815. The largest absolute Gasteiger partial charge is 0.141 e. The van der Waals surface area contributed by atoms with Gasteiger partial charge in [0.05, 0.1) is 0 Å². The van der Waals surface area contributed by atoms with Crippen molar-refractivity contribution in [2.45, 2.75) is 19.3 Å². The topological polar surface area (TPSA) is 0 Å². The molecule has 0 heterocycles. The average molecular weight is 356 g/mol. The van der Waals surface area contributed by atoms with Crippen molar-refractivity contribution in [2.75, 3.05) is 0 Å². The molecule has 3 rings (SSSR count). The lowest BCUT2D eigenvalue weighted by Crippen LogP contribution is -2.51. The fourth-order valence-corrected chi connectivity index (χ4v) is 5.24. The second-order valence-corrected chi connectivity index (χ2v) is 8.61. The molecule has 0 aromatic heterocycles. The predicted octanol–water partition coefficient (Wildman–Crippen LogP) is -7.44. The van der Waals surface area contributed by atoms with Crippen molar-refractivity contribution in [3.63, 3.8) is 0 Å². The van der Waals surface area contributed by atoms with Gasteiger partial charge in [-0.15, -0.1) is 10.9 Å². The molecule has 0 fully saturated rings. The zero-order valence-electron chi connectivity index (χ0n) is 15.9. The van der Waals surface area contributed by atoms with E-state index >= 15 is 0 Å². The third-order valence-electron chi connectivity index (χ3n) is 6.41. The lowest BCUT2D eigenvalue weighted by molar-refractivity contribution is 0.669. The normalized spacial score (nSPS) is 14.6. The first-order chi connectivity index (χ1) is 10.5. The first kappa shape index (κ1) is 17.2. The van der Waals surface area contributed by atoms with Crippen LogP contribution in [0.25, 0.3) is 11.1 Å². The summed E-state index contributed by atoms with van der Waals surface area (Å²) in [4.78, 5) is 0. The highest BCUT2D eigenvalue weighted by Crippen LogP contribution is 2.44. The fraction of sp³-hybridized carbons (Fsp3) is 0.200. The summed E-state index contributed by atoms with van der Waals surface area (Å²) in [5.74, 6) is 0. The Labute approximate surface area is 155 Å². The molecule has 0 radical (unpaired) electrons. The maximum atomic E-state index is 3.85. The van der Waals surface area contributed by atoms with E-state index in [-0.39, 0.29) is 5.41 Å². The van der Waals surface area contributed by atoms with Crippen LogP contribution in [0.4, 0.5) is 0 Å². The molecule has 0 bridgehead atoms. The summed E-state index contributed by atoms with van der Waals surface area (Å²) in [5, 5.41) is 0. The number of halogens is 1. The minimum absolute atomic E-state index is 0.0586. The molecule has 0 N–H and O–H groups in total. The second kappa shape index (κ2) is 5.18. The maximum Gasteiger partial charge on any atom is 0.141 e. The molecule has 108 valence electrons. The van der Waals surface area contributed by atoms with E-state index in [4.69, 9.17) is 0 Å². The number of hydrogen-bond acceptors (Lipinski definition) is 0. The van der Waals surface area contributed by atoms with Crippen LogP contribution in [0.1, 0.15) is 25.0 Å². The van der Waals surface area contributed by atoms with Crippen molar-refractivity contribution in [1.29, 1.82) is 0 Å². The average Bonchev–Trinajstić information content (AvgIpc) is 2.74. The summed E-state index contributed by atoms with van der Waals surface area (Å²) in [6.07, 6.45) is 0. The summed E-state index contributed by atoms with van der Waals surface area (Å²) in [5.41, 5.74) is 16.1. The first-order valence-corrected chi connectivity index (χ1v) is 9.23. The molecule has 0 spiro atoms.